The molecule has 3 nitrogen and oxygen atoms in total. The lowest BCUT2D eigenvalue weighted by molar-refractivity contribution is 0.329. The van der Waals surface area contributed by atoms with Crippen LogP contribution in [0.5, 0.6) is 0 Å². The molecule has 1 fully saturated rings. The summed E-state index contributed by atoms with van der Waals surface area (Å²) in [5.74, 6) is 0. The summed E-state index contributed by atoms with van der Waals surface area (Å²) in [4.78, 5) is 4.51. The van der Waals surface area contributed by atoms with E-state index in [0.29, 0.717) is 12.1 Å². The lowest BCUT2D eigenvalue weighted by atomic mass is 9.91. The van der Waals surface area contributed by atoms with Crippen LogP contribution < -0.4 is 5.73 Å². The highest BCUT2D eigenvalue weighted by Crippen LogP contribution is 2.30. The lowest BCUT2D eigenvalue weighted by Crippen LogP contribution is -2.27. The van der Waals surface area contributed by atoms with Crippen LogP contribution in [0.1, 0.15) is 37.3 Å². The number of nitrogens with two attached hydrogens (primary N) is 1. The van der Waals surface area contributed by atoms with Gasteiger partial charge in [-0.05, 0) is 50.3 Å². The van der Waals surface area contributed by atoms with Crippen molar-refractivity contribution in [1.29, 1.82) is 0 Å². The minimum atomic E-state index is 0. The van der Waals surface area contributed by atoms with E-state index in [1.54, 1.807) is 0 Å². The van der Waals surface area contributed by atoms with Crippen LogP contribution in [0.25, 0.3) is 11.0 Å². The van der Waals surface area contributed by atoms with Gasteiger partial charge in [-0.15, -0.1) is 24.8 Å². The Morgan fingerprint density at radius 2 is 1.84 bits per heavy atom. The van der Waals surface area contributed by atoms with Gasteiger partial charge in [0, 0.05) is 12.1 Å². The Bertz CT molecular complexity index is 530. The van der Waals surface area contributed by atoms with Crippen molar-refractivity contribution in [2.24, 2.45) is 5.73 Å². The van der Waals surface area contributed by atoms with Gasteiger partial charge in [0.2, 0.25) is 0 Å². The summed E-state index contributed by atoms with van der Waals surface area (Å²) in [6.45, 7) is 2.11. The molecule has 1 aromatic heterocycles. The third kappa shape index (κ3) is 3.22. The fraction of sp³-hybridized carbons (Fsp3) is 0.500. The third-order valence-corrected chi connectivity index (χ3v) is 3.87. The summed E-state index contributed by atoms with van der Waals surface area (Å²) in [7, 11) is 0. The molecule has 0 amide bonds. The fourth-order valence-electron chi connectivity index (χ4n) is 2.81. The molecule has 1 aliphatic carbocycles. The van der Waals surface area contributed by atoms with E-state index in [-0.39, 0.29) is 24.8 Å². The molecule has 2 N–H and O–H groups in total. The second-order valence-corrected chi connectivity index (χ2v) is 5.21. The van der Waals surface area contributed by atoms with Crippen LogP contribution in [-0.2, 0) is 0 Å². The van der Waals surface area contributed by atoms with Crippen molar-refractivity contribution in [3.8, 4) is 0 Å². The average Bonchev–Trinajstić information content (AvgIpc) is 2.73. The molecule has 5 heteroatoms. The Kier molecular flexibility index (Phi) is 5.65. The normalized spacial score (nSPS) is 22.6. The second-order valence-electron chi connectivity index (χ2n) is 5.21. The van der Waals surface area contributed by atoms with Gasteiger partial charge >= 0.3 is 0 Å². The maximum atomic E-state index is 5.96. The van der Waals surface area contributed by atoms with Crippen molar-refractivity contribution in [1.82, 2.24) is 9.55 Å². The number of rotatable bonds is 1. The van der Waals surface area contributed by atoms with Crippen molar-refractivity contribution >= 4 is 35.8 Å². The monoisotopic (exact) mass is 301 g/mol. The molecule has 1 aliphatic rings. The third-order valence-electron chi connectivity index (χ3n) is 3.87. The van der Waals surface area contributed by atoms with Crippen LogP contribution >= 0.6 is 24.8 Å². The predicted molar refractivity (Wildman–Crippen MR) is 84.4 cm³/mol. The van der Waals surface area contributed by atoms with Gasteiger partial charge in [-0.3, -0.25) is 0 Å². The molecule has 0 atom stereocenters. The van der Waals surface area contributed by atoms with Crippen LogP contribution in [0.3, 0.4) is 0 Å². The molecule has 0 bridgehead atoms. The number of benzene rings is 1. The first-order valence-corrected chi connectivity index (χ1v) is 6.43. The number of aromatic nitrogens is 2. The molecule has 1 aromatic carbocycles. The maximum absolute atomic E-state index is 5.96. The molecular formula is C14H21Cl2N3. The van der Waals surface area contributed by atoms with E-state index in [2.05, 4.69) is 34.7 Å². The molecule has 1 heterocycles. The summed E-state index contributed by atoms with van der Waals surface area (Å²) in [6, 6.07) is 7.49. The van der Waals surface area contributed by atoms with Crippen molar-refractivity contribution < 1.29 is 0 Å². The number of aryl methyl sites for hydroxylation is 1. The fourth-order valence-corrected chi connectivity index (χ4v) is 2.81. The van der Waals surface area contributed by atoms with Gasteiger partial charge < -0.3 is 10.3 Å². The molecular weight excluding hydrogens is 281 g/mol. The van der Waals surface area contributed by atoms with E-state index < -0.39 is 0 Å². The largest absolute Gasteiger partial charge is 0.328 e. The summed E-state index contributed by atoms with van der Waals surface area (Å²) in [5, 5.41) is 0. The number of nitrogens with zero attached hydrogens (tertiary/aromatic N) is 2. The minimum absolute atomic E-state index is 0. The second kappa shape index (κ2) is 6.60. The zero-order chi connectivity index (χ0) is 11.8. The summed E-state index contributed by atoms with van der Waals surface area (Å²) in [6.07, 6.45) is 6.62. The Balaban J connectivity index is 0.000000902. The highest BCUT2D eigenvalue weighted by Gasteiger charge is 2.20. The first-order chi connectivity index (χ1) is 8.24. The number of hydrogen-bond donors (Lipinski definition) is 1. The molecule has 2 aromatic rings. The molecule has 0 aliphatic heterocycles. The number of hydrogen-bond acceptors (Lipinski definition) is 2. The van der Waals surface area contributed by atoms with Crippen molar-refractivity contribution in [2.75, 3.05) is 0 Å². The van der Waals surface area contributed by atoms with Gasteiger partial charge in [0.25, 0.3) is 0 Å². The van der Waals surface area contributed by atoms with Gasteiger partial charge in [-0.1, -0.05) is 6.07 Å². The molecule has 0 unspecified atom stereocenters. The van der Waals surface area contributed by atoms with Gasteiger partial charge in [0.15, 0.2) is 0 Å². The molecule has 3 rings (SSSR count). The summed E-state index contributed by atoms with van der Waals surface area (Å²) >= 11 is 0. The van der Waals surface area contributed by atoms with E-state index >= 15 is 0 Å². The van der Waals surface area contributed by atoms with Crippen molar-refractivity contribution in [2.45, 2.75) is 44.7 Å². The van der Waals surface area contributed by atoms with E-state index in [1.807, 2.05) is 6.33 Å². The van der Waals surface area contributed by atoms with E-state index in [4.69, 9.17) is 5.73 Å². The highest BCUT2D eigenvalue weighted by molar-refractivity contribution is 5.85. The maximum Gasteiger partial charge on any atom is 0.0960 e. The van der Waals surface area contributed by atoms with Crippen LogP contribution in [-0.4, -0.2) is 15.6 Å². The van der Waals surface area contributed by atoms with Crippen LogP contribution in [0, 0.1) is 6.92 Å². The summed E-state index contributed by atoms with van der Waals surface area (Å²) < 4.78 is 2.33. The number of imidazole rings is 1. The topological polar surface area (TPSA) is 43.8 Å². The Morgan fingerprint density at radius 1 is 1.16 bits per heavy atom. The van der Waals surface area contributed by atoms with Crippen LogP contribution in [0.4, 0.5) is 0 Å². The predicted octanol–water partition coefficient (Wildman–Crippen LogP) is 3.63. The smallest absolute Gasteiger partial charge is 0.0960 e. The highest BCUT2D eigenvalue weighted by atomic mass is 35.5. The SMILES string of the molecule is Cc1ccc2c(c1)ncn2C1CCC(N)CC1.Cl.Cl. The van der Waals surface area contributed by atoms with E-state index in [1.165, 1.54) is 23.9 Å². The molecule has 0 spiro atoms. The Labute approximate surface area is 126 Å². The average molecular weight is 302 g/mol. The van der Waals surface area contributed by atoms with Gasteiger partial charge in [0.05, 0.1) is 17.4 Å². The number of fused-ring (bicyclic) bond motifs is 1. The zero-order valence-corrected chi connectivity index (χ0v) is 12.7. The number of halogens is 2. The van der Waals surface area contributed by atoms with Gasteiger partial charge in [-0.2, -0.15) is 0 Å². The molecule has 0 saturated heterocycles. The first kappa shape index (κ1) is 16.3. The quantitative estimate of drug-likeness (QED) is 0.874. The molecule has 0 radical (unpaired) electrons. The standard InChI is InChI=1S/C14H19N3.2ClH/c1-10-2-7-14-13(8-10)16-9-17(14)12-5-3-11(15)4-6-12;;/h2,7-9,11-12H,3-6,15H2,1H3;2*1H. The van der Waals surface area contributed by atoms with Gasteiger partial charge in [0.1, 0.15) is 0 Å². The molecule has 1 saturated carbocycles. The minimum Gasteiger partial charge on any atom is -0.328 e. The van der Waals surface area contributed by atoms with Gasteiger partial charge in [-0.25, -0.2) is 4.98 Å². The molecule has 106 valence electrons. The van der Waals surface area contributed by atoms with Crippen LogP contribution in [0.15, 0.2) is 24.5 Å². The summed E-state index contributed by atoms with van der Waals surface area (Å²) in [5.41, 5.74) is 9.60. The first-order valence-electron chi connectivity index (χ1n) is 6.43. The van der Waals surface area contributed by atoms with E-state index in [9.17, 15) is 0 Å². The zero-order valence-electron chi connectivity index (χ0n) is 11.1. The van der Waals surface area contributed by atoms with E-state index in [0.717, 1.165) is 18.4 Å². The van der Waals surface area contributed by atoms with Crippen LogP contribution in [0.2, 0.25) is 0 Å². The Morgan fingerprint density at radius 3 is 2.53 bits per heavy atom. The lowest BCUT2D eigenvalue weighted by Gasteiger charge is -2.27. The van der Waals surface area contributed by atoms with Crippen molar-refractivity contribution in [3.05, 3.63) is 30.1 Å². The Hall–Kier alpha value is -0.770. The van der Waals surface area contributed by atoms with Crippen molar-refractivity contribution in [3.63, 3.8) is 0 Å². The molecule has 19 heavy (non-hydrogen) atoms.